The molecule has 21 heavy (non-hydrogen) atoms. The lowest BCUT2D eigenvalue weighted by molar-refractivity contribution is -0.143. The minimum atomic E-state index is -1.10. The van der Waals surface area contributed by atoms with Crippen LogP contribution in [-0.2, 0) is 9.53 Å². The Balaban J connectivity index is 2.08. The van der Waals surface area contributed by atoms with E-state index in [1.807, 2.05) is 0 Å². The van der Waals surface area contributed by atoms with Crippen molar-refractivity contribution < 1.29 is 19.4 Å². The van der Waals surface area contributed by atoms with Crippen LogP contribution >= 0.6 is 0 Å². The number of nitrogens with zero attached hydrogens (tertiary/aromatic N) is 4. The Hall–Kier alpha value is -2.81. The summed E-state index contributed by atoms with van der Waals surface area (Å²) in [5.74, 6) is -1.21. The second-order valence-corrected chi connectivity index (χ2v) is 4.03. The minimum absolute atomic E-state index is 0.328. The zero-order valence-corrected chi connectivity index (χ0v) is 11.1. The highest BCUT2D eigenvalue weighted by atomic mass is 16.5. The summed E-state index contributed by atoms with van der Waals surface area (Å²) in [4.78, 5) is 23.3. The van der Waals surface area contributed by atoms with Gasteiger partial charge in [0, 0.05) is 5.56 Å². The molecule has 1 aromatic carbocycles. The van der Waals surface area contributed by atoms with E-state index in [-0.39, 0.29) is 0 Å². The van der Waals surface area contributed by atoms with Gasteiger partial charge in [-0.2, -0.15) is 0 Å². The molecule has 0 spiro atoms. The van der Waals surface area contributed by atoms with Crippen LogP contribution < -0.4 is 5.32 Å². The molecule has 0 aliphatic rings. The van der Waals surface area contributed by atoms with Gasteiger partial charge in [-0.05, 0) is 34.7 Å². The normalized spacial score (nSPS) is 11.7. The first-order chi connectivity index (χ1) is 10.2. The Bertz CT molecular complexity index is 611. The smallest absolute Gasteiger partial charge is 0.330 e. The number of tetrazole rings is 1. The van der Waals surface area contributed by atoms with Crippen molar-refractivity contribution in [2.75, 3.05) is 13.7 Å². The predicted octanol–water partition coefficient (Wildman–Crippen LogP) is -1.07. The molecule has 0 saturated heterocycles. The van der Waals surface area contributed by atoms with Crippen LogP contribution in [0.5, 0.6) is 0 Å². The Morgan fingerprint density at radius 1 is 1.38 bits per heavy atom. The molecule has 2 aromatic rings. The molecule has 1 unspecified atom stereocenters. The SMILES string of the molecule is COC(=O)C(CO)NC(=O)c1ccc(-n2cnnn2)cc1. The Labute approximate surface area is 119 Å². The van der Waals surface area contributed by atoms with Crippen molar-refractivity contribution in [3.63, 3.8) is 0 Å². The molecule has 0 radical (unpaired) electrons. The molecule has 0 aliphatic carbocycles. The molecule has 110 valence electrons. The molecule has 0 bridgehead atoms. The molecular formula is C12H13N5O4. The zero-order chi connectivity index (χ0) is 15.2. The molecule has 1 aromatic heterocycles. The van der Waals surface area contributed by atoms with Crippen LogP contribution in [0.1, 0.15) is 10.4 Å². The second kappa shape index (κ2) is 6.57. The van der Waals surface area contributed by atoms with Crippen LogP contribution in [0.4, 0.5) is 0 Å². The second-order valence-electron chi connectivity index (χ2n) is 4.03. The van der Waals surface area contributed by atoms with Gasteiger partial charge in [0.05, 0.1) is 19.4 Å². The summed E-state index contributed by atoms with van der Waals surface area (Å²) >= 11 is 0. The first-order valence-electron chi connectivity index (χ1n) is 5.98. The van der Waals surface area contributed by atoms with E-state index in [1.54, 1.807) is 24.3 Å². The molecule has 1 heterocycles. The van der Waals surface area contributed by atoms with Crippen molar-refractivity contribution >= 4 is 11.9 Å². The van der Waals surface area contributed by atoms with E-state index < -0.39 is 24.5 Å². The number of rotatable bonds is 5. The van der Waals surface area contributed by atoms with E-state index in [0.717, 1.165) is 0 Å². The van der Waals surface area contributed by atoms with Crippen LogP contribution in [0.25, 0.3) is 5.69 Å². The van der Waals surface area contributed by atoms with Crippen molar-refractivity contribution in [1.29, 1.82) is 0 Å². The molecule has 9 heteroatoms. The number of aliphatic hydroxyl groups excluding tert-OH is 1. The number of carbonyl (C=O) groups is 2. The number of amides is 1. The van der Waals surface area contributed by atoms with Crippen LogP contribution in [-0.4, -0.2) is 56.9 Å². The quantitative estimate of drug-likeness (QED) is 0.673. The number of aliphatic hydroxyl groups is 1. The van der Waals surface area contributed by atoms with Gasteiger partial charge in [-0.15, -0.1) is 5.10 Å². The maximum atomic E-state index is 12.0. The summed E-state index contributed by atoms with van der Waals surface area (Å²) in [7, 11) is 1.18. The van der Waals surface area contributed by atoms with Gasteiger partial charge in [0.25, 0.3) is 5.91 Å². The van der Waals surface area contributed by atoms with Crippen LogP contribution in [0.3, 0.4) is 0 Å². The fourth-order valence-corrected chi connectivity index (χ4v) is 1.61. The third-order valence-corrected chi connectivity index (χ3v) is 2.72. The lowest BCUT2D eigenvalue weighted by Crippen LogP contribution is -2.44. The Kier molecular flexibility index (Phi) is 4.57. The number of carbonyl (C=O) groups excluding carboxylic acids is 2. The molecule has 0 aliphatic heterocycles. The molecule has 2 N–H and O–H groups in total. The van der Waals surface area contributed by atoms with Gasteiger partial charge in [0.15, 0.2) is 6.04 Å². The number of nitrogens with one attached hydrogen (secondary N) is 1. The van der Waals surface area contributed by atoms with E-state index in [0.29, 0.717) is 11.3 Å². The highest BCUT2D eigenvalue weighted by molar-refractivity contribution is 5.96. The molecular weight excluding hydrogens is 278 g/mol. The largest absolute Gasteiger partial charge is 0.467 e. The molecule has 0 fully saturated rings. The highest BCUT2D eigenvalue weighted by Gasteiger charge is 2.21. The highest BCUT2D eigenvalue weighted by Crippen LogP contribution is 2.08. The summed E-state index contributed by atoms with van der Waals surface area (Å²) in [5.41, 5.74) is 1.01. The van der Waals surface area contributed by atoms with E-state index in [2.05, 4.69) is 25.6 Å². The first-order valence-corrected chi connectivity index (χ1v) is 5.98. The van der Waals surface area contributed by atoms with Crippen LogP contribution in [0, 0.1) is 0 Å². The fourth-order valence-electron chi connectivity index (χ4n) is 1.61. The third-order valence-electron chi connectivity index (χ3n) is 2.72. The van der Waals surface area contributed by atoms with Crippen molar-refractivity contribution in [3.8, 4) is 5.69 Å². The van der Waals surface area contributed by atoms with Gasteiger partial charge >= 0.3 is 5.97 Å². The molecule has 0 saturated carbocycles. The molecule has 1 atom stereocenters. The minimum Gasteiger partial charge on any atom is -0.467 e. The van der Waals surface area contributed by atoms with Crippen molar-refractivity contribution in [3.05, 3.63) is 36.2 Å². The number of ether oxygens (including phenoxy) is 1. The maximum Gasteiger partial charge on any atom is 0.330 e. The maximum absolute atomic E-state index is 12.0. The lowest BCUT2D eigenvalue weighted by Gasteiger charge is -2.13. The Morgan fingerprint density at radius 2 is 2.10 bits per heavy atom. The number of aromatic nitrogens is 4. The monoisotopic (exact) mass is 291 g/mol. The number of hydrogen-bond donors (Lipinski definition) is 2. The van der Waals surface area contributed by atoms with Gasteiger partial charge in [0.1, 0.15) is 6.33 Å². The number of benzene rings is 1. The van der Waals surface area contributed by atoms with Gasteiger partial charge < -0.3 is 15.2 Å². The average molecular weight is 291 g/mol. The van der Waals surface area contributed by atoms with Crippen molar-refractivity contribution in [1.82, 2.24) is 25.5 Å². The summed E-state index contributed by atoms with van der Waals surface area (Å²) < 4.78 is 5.91. The number of esters is 1. The van der Waals surface area contributed by atoms with Gasteiger partial charge in [-0.1, -0.05) is 0 Å². The topological polar surface area (TPSA) is 119 Å². The van der Waals surface area contributed by atoms with Crippen LogP contribution in [0.15, 0.2) is 30.6 Å². The van der Waals surface area contributed by atoms with Gasteiger partial charge in [-0.25, -0.2) is 9.48 Å². The zero-order valence-electron chi connectivity index (χ0n) is 11.1. The first kappa shape index (κ1) is 14.6. The van der Waals surface area contributed by atoms with Crippen molar-refractivity contribution in [2.45, 2.75) is 6.04 Å². The van der Waals surface area contributed by atoms with E-state index >= 15 is 0 Å². The average Bonchev–Trinajstić information content (AvgIpc) is 3.06. The number of methoxy groups -OCH3 is 1. The fraction of sp³-hybridized carbons (Fsp3) is 0.250. The summed E-state index contributed by atoms with van der Waals surface area (Å²) in [6, 6.07) is 5.31. The van der Waals surface area contributed by atoms with Gasteiger partial charge in [-0.3, -0.25) is 4.79 Å². The van der Waals surface area contributed by atoms with Gasteiger partial charge in [0.2, 0.25) is 0 Å². The standard InChI is InChI=1S/C12H13N5O4/c1-21-12(20)10(6-18)14-11(19)8-2-4-9(5-3-8)17-7-13-15-16-17/h2-5,7,10,18H,6H2,1H3,(H,14,19). The molecule has 1 amide bonds. The number of hydrogen-bond acceptors (Lipinski definition) is 7. The van der Waals surface area contributed by atoms with Crippen molar-refractivity contribution in [2.24, 2.45) is 0 Å². The van der Waals surface area contributed by atoms with Crippen LogP contribution in [0.2, 0.25) is 0 Å². The Morgan fingerprint density at radius 3 is 2.62 bits per heavy atom. The third kappa shape index (κ3) is 3.39. The van der Waals surface area contributed by atoms with E-state index in [1.165, 1.54) is 18.1 Å². The van der Waals surface area contributed by atoms with E-state index in [9.17, 15) is 9.59 Å². The lowest BCUT2D eigenvalue weighted by atomic mass is 10.2. The summed E-state index contributed by atoms with van der Waals surface area (Å²) in [5, 5.41) is 22.2. The summed E-state index contributed by atoms with van der Waals surface area (Å²) in [6.45, 7) is -0.541. The molecule has 9 nitrogen and oxygen atoms in total. The van der Waals surface area contributed by atoms with E-state index in [4.69, 9.17) is 5.11 Å². The molecule has 2 rings (SSSR count). The summed E-state index contributed by atoms with van der Waals surface area (Å²) in [6.07, 6.45) is 1.42. The predicted molar refractivity (Wildman–Crippen MR) is 69.5 cm³/mol.